The Bertz CT molecular complexity index is 1570. The molecule has 6 nitrogen and oxygen atoms in total. The van der Waals surface area contributed by atoms with Crippen LogP contribution in [0, 0.1) is 13.8 Å². The van der Waals surface area contributed by atoms with Crippen LogP contribution in [0.5, 0.6) is 0 Å². The second-order valence-electron chi connectivity index (χ2n) is 9.42. The van der Waals surface area contributed by atoms with Gasteiger partial charge in [-0.1, -0.05) is 96.3 Å². The van der Waals surface area contributed by atoms with Gasteiger partial charge in [0.05, 0.1) is 29.5 Å². The van der Waals surface area contributed by atoms with Crippen LogP contribution in [0.15, 0.2) is 93.9 Å². The molecule has 0 saturated heterocycles. The van der Waals surface area contributed by atoms with E-state index in [-0.39, 0.29) is 63.2 Å². The zero-order valence-electron chi connectivity index (χ0n) is 23.2. The van der Waals surface area contributed by atoms with Gasteiger partial charge in [-0.15, -0.1) is 0 Å². The summed E-state index contributed by atoms with van der Waals surface area (Å²) >= 11 is 10.3. The molecule has 0 atom stereocenters. The molecule has 0 radical (unpaired) electrons. The van der Waals surface area contributed by atoms with E-state index in [1.165, 1.54) is 16.0 Å². The first-order chi connectivity index (χ1) is 19.6. The summed E-state index contributed by atoms with van der Waals surface area (Å²) < 4.78 is 2.10. The number of alkyl halides is 1. The fraction of sp³-hybridized carbons (Fsp3) is 0.125. The third-order valence-corrected chi connectivity index (χ3v) is 7.73. The van der Waals surface area contributed by atoms with E-state index in [1.54, 1.807) is 48.5 Å². The summed E-state index contributed by atoms with van der Waals surface area (Å²) in [5, 5.41) is 4.20. The molecule has 0 fully saturated rings. The van der Waals surface area contributed by atoms with Gasteiger partial charge in [0.15, 0.2) is 0 Å². The van der Waals surface area contributed by atoms with Gasteiger partial charge in [-0.25, -0.2) is 0 Å². The van der Waals surface area contributed by atoms with E-state index >= 15 is 0 Å². The quantitative estimate of drug-likeness (QED) is 0.155. The topological polar surface area (TPSA) is 85.6 Å². The number of benzene rings is 4. The third kappa shape index (κ3) is 8.66. The molecule has 4 aromatic carbocycles. The van der Waals surface area contributed by atoms with E-state index in [1.807, 2.05) is 25.1 Å². The van der Waals surface area contributed by atoms with Gasteiger partial charge in [0.1, 0.15) is 0 Å². The smallest absolute Gasteiger partial charge is 0.587 e. The monoisotopic (exact) mass is 776 g/mol. The van der Waals surface area contributed by atoms with Gasteiger partial charge in [-0.2, -0.15) is 0 Å². The summed E-state index contributed by atoms with van der Waals surface area (Å²) in [6.07, 6.45) is 0. The van der Waals surface area contributed by atoms with E-state index in [2.05, 4.69) is 78.2 Å². The Balaban J connectivity index is 0.000000187. The van der Waals surface area contributed by atoms with Crippen LogP contribution in [0.1, 0.15) is 63.7 Å². The van der Waals surface area contributed by atoms with E-state index < -0.39 is 11.8 Å². The summed E-state index contributed by atoms with van der Waals surface area (Å²) in [7, 11) is 0. The number of nitrogens with zero attached hydrogens (tertiary/aromatic N) is 2. The predicted molar refractivity (Wildman–Crippen MR) is 169 cm³/mol. The Labute approximate surface area is 312 Å². The molecule has 0 bridgehead atoms. The second-order valence-corrected chi connectivity index (χ2v) is 11.8. The van der Waals surface area contributed by atoms with Gasteiger partial charge < -0.3 is 14.9 Å². The first-order valence-electron chi connectivity index (χ1n) is 12.5. The van der Waals surface area contributed by atoms with Crippen molar-refractivity contribution in [3.05, 3.63) is 144 Å². The predicted octanol–water partition coefficient (Wildman–Crippen LogP) is 5.56. The Morgan fingerprint density at radius 2 is 1.02 bits per heavy atom. The van der Waals surface area contributed by atoms with Crippen molar-refractivity contribution in [3.8, 4) is 0 Å². The van der Waals surface area contributed by atoms with Gasteiger partial charge >= 0.3 is 51.4 Å². The molecule has 0 aromatic heterocycles. The minimum atomic E-state index is -0.425. The number of fused-ring (bicyclic) bond motifs is 2. The Morgan fingerprint density at radius 1 is 0.619 bits per heavy atom. The number of hydrogen-bond acceptors (Lipinski definition) is 4. The molecule has 6 rings (SSSR count). The van der Waals surface area contributed by atoms with E-state index in [0.29, 0.717) is 28.8 Å². The Hall–Kier alpha value is -1.76. The first kappa shape index (κ1) is 34.7. The van der Waals surface area contributed by atoms with Crippen LogP contribution in [-0.2, 0) is 11.9 Å². The molecule has 0 spiro atoms. The maximum atomic E-state index is 12.3. The molecule has 0 saturated carbocycles. The zero-order chi connectivity index (χ0) is 29.7. The molecule has 2 aliphatic rings. The number of imide groups is 2. The largest absolute Gasteiger partial charge is 1.00 e. The Morgan fingerprint density at radius 3 is 1.45 bits per heavy atom. The normalized spacial score (nSPS) is 12.7. The Kier molecular flexibility index (Phi) is 13.1. The molecule has 2 aliphatic heterocycles. The van der Waals surface area contributed by atoms with Crippen LogP contribution in [-0.4, -0.2) is 28.5 Å². The van der Waals surface area contributed by atoms with E-state index in [9.17, 15) is 19.2 Å². The minimum Gasteiger partial charge on any atom is -0.587 e. The third-order valence-electron chi connectivity index (χ3n) is 6.17. The van der Waals surface area contributed by atoms with E-state index in [4.69, 9.17) is 0 Å². The van der Waals surface area contributed by atoms with Gasteiger partial charge in [-0.05, 0) is 72.5 Å². The van der Waals surface area contributed by atoms with E-state index in [0.717, 1.165) is 25.4 Å². The molecule has 2 heterocycles. The first-order valence-corrected chi connectivity index (χ1v) is 15.2. The van der Waals surface area contributed by atoms with Crippen LogP contribution in [0.3, 0.4) is 0 Å². The van der Waals surface area contributed by atoms with Crippen molar-refractivity contribution in [1.82, 2.24) is 4.90 Å². The maximum Gasteiger partial charge on any atom is 1.00 e. The SMILES string of the molecule is Cc1cc(Br)cc(CBr)c1.Cc1cc(Br)cc(CN2C(=O)c3ccccc3C2=O)c1.O=C1[N-]C(=O)c2ccccc21.[K+]. The van der Waals surface area contributed by atoms with Crippen LogP contribution in [0.25, 0.3) is 5.32 Å². The van der Waals surface area contributed by atoms with Gasteiger partial charge in [0.25, 0.3) is 11.8 Å². The van der Waals surface area contributed by atoms with Crippen LogP contribution in [0.2, 0.25) is 0 Å². The average molecular weight is 779 g/mol. The minimum absolute atomic E-state index is 0. The zero-order valence-corrected chi connectivity index (χ0v) is 31.0. The summed E-state index contributed by atoms with van der Waals surface area (Å²) in [6, 6.07) is 25.9. The summed E-state index contributed by atoms with van der Waals surface area (Å²) in [4.78, 5) is 47.6. The van der Waals surface area contributed by atoms with Crippen molar-refractivity contribution >= 4 is 71.4 Å². The molecular weight excluding hydrogens is 755 g/mol. The molecule has 0 N–H and O–H groups in total. The molecule has 42 heavy (non-hydrogen) atoms. The summed E-state index contributed by atoms with van der Waals surface area (Å²) in [6.45, 7) is 4.38. The van der Waals surface area contributed by atoms with Gasteiger partial charge in [0.2, 0.25) is 0 Å². The number of halogens is 3. The summed E-state index contributed by atoms with van der Waals surface area (Å²) in [5.41, 5.74) is 6.44. The molecular formula is C32H24Br3KN2O4. The standard InChI is InChI=1S/C16H12BrNO2.C8H8Br2.C8H5NO2.K/c1-10-6-11(8-12(17)7-10)9-18-15(19)13-4-2-3-5-14(13)16(18)20;1-6-2-7(5-9)4-8(10)3-6;10-7-5-3-1-2-4-6(5)8(11)9-7;/h2-8H,9H2,1H3;2-4H,5H2,1H3;1-4H,(H,9,10,11);/q;;;+1/p-1. The number of carbonyl (C=O) groups is 4. The number of carbonyl (C=O) groups excluding carboxylic acids is 4. The fourth-order valence-electron chi connectivity index (χ4n) is 4.43. The van der Waals surface area contributed by atoms with Crippen molar-refractivity contribution in [2.75, 3.05) is 0 Å². The molecule has 4 aromatic rings. The number of rotatable bonds is 3. The average Bonchev–Trinajstić information content (AvgIpc) is 3.36. The van der Waals surface area contributed by atoms with Crippen molar-refractivity contribution in [3.63, 3.8) is 0 Å². The molecule has 0 unspecified atom stereocenters. The molecule has 208 valence electrons. The van der Waals surface area contributed by atoms with Crippen molar-refractivity contribution in [2.24, 2.45) is 0 Å². The fourth-order valence-corrected chi connectivity index (χ4v) is 6.06. The van der Waals surface area contributed by atoms with Gasteiger partial charge in [-0.3, -0.25) is 14.5 Å². The number of aryl methyl sites for hydroxylation is 2. The van der Waals surface area contributed by atoms with Crippen LogP contribution in [0.4, 0.5) is 0 Å². The number of amides is 4. The van der Waals surface area contributed by atoms with Crippen LogP contribution >= 0.6 is 47.8 Å². The van der Waals surface area contributed by atoms with Crippen molar-refractivity contribution < 1.29 is 70.6 Å². The molecule has 0 aliphatic carbocycles. The van der Waals surface area contributed by atoms with Crippen molar-refractivity contribution in [1.29, 1.82) is 0 Å². The second kappa shape index (κ2) is 15.8. The molecule has 10 heteroatoms. The van der Waals surface area contributed by atoms with Crippen LogP contribution < -0.4 is 51.4 Å². The maximum absolute atomic E-state index is 12.3. The number of hydrogen-bond donors (Lipinski definition) is 0. The van der Waals surface area contributed by atoms with Crippen molar-refractivity contribution in [2.45, 2.75) is 25.7 Å². The molecule has 4 amide bonds. The van der Waals surface area contributed by atoms with Gasteiger partial charge in [0, 0.05) is 25.4 Å². The summed E-state index contributed by atoms with van der Waals surface area (Å²) in [5.74, 6) is -1.29.